The lowest BCUT2D eigenvalue weighted by molar-refractivity contribution is 0.103. The van der Waals surface area contributed by atoms with Crippen LogP contribution in [0.15, 0.2) is 36.4 Å². The second-order valence-corrected chi connectivity index (χ2v) is 4.69. The lowest BCUT2D eigenvalue weighted by Gasteiger charge is -2.09. The lowest BCUT2D eigenvalue weighted by Crippen LogP contribution is -2.03. The van der Waals surface area contributed by atoms with Crippen molar-refractivity contribution in [1.29, 1.82) is 0 Å². The minimum atomic E-state index is -0.170. The van der Waals surface area contributed by atoms with E-state index in [2.05, 4.69) is 0 Å². The molecule has 0 fully saturated rings. The van der Waals surface area contributed by atoms with Crippen molar-refractivity contribution in [3.05, 3.63) is 52.5 Å². The van der Waals surface area contributed by atoms with Crippen LogP contribution in [0.5, 0.6) is 17.2 Å². The first kappa shape index (κ1) is 15.2. The number of ketones is 1. The molecule has 0 spiro atoms. The van der Waals surface area contributed by atoms with Crippen molar-refractivity contribution in [3.63, 3.8) is 0 Å². The zero-order valence-corrected chi connectivity index (χ0v) is 12.7. The first-order chi connectivity index (χ1) is 10.1. The number of hydrogen-bond acceptors (Lipinski definition) is 4. The maximum absolute atomic E-state index is 12.5. The molecule has 0 aliphatic rings. The number of carbonyl (C=O) groups is 1. The van der Waals surface area contributed by atoms with Crippen LogP contribution in [0.2, 0.25) is 5.02 Å². The molecular formula is C16H15ClO4. The van der Waals surface area contributed by atoms with Gasteiger partial charge in [-0.25, -0.2) is 0 Å². The third-order valence-corrected chi connectivity index (χ3v) is 3.32. The molecule has 4 nitrogen and oxygen atoms in total. The maximum atomic E-state index is 12.5. The molecule has 2 aromatic carbocycles. The zero-order chi connectivity index (χ0) is 15.4. The van der Waals surface area contributed by atoms with Crippen molar-refractivity contribution in [2.24, 2.45) is 0 Å². The van der Waals surface area contributed by atoms with Gasteiger partial charge in [-0.15, -0.1) is 0 Å². The molecule has 2 rings (SSSR count). The van der Waals surface area contributed by atoms with Crippen molar-refractivity contribution in [3.8, 4) is 17.2 Å². The molecule has 0 amide bonds. The topological polar surface area (TPSA) is 44.8 Å². The summed E-state index contributed by atoms with van der Waals surface area (Å²) in [6.07, 6.45) is 0. The first-order valence-electron chi connectivity index (χ1n) is 6.20. The number of halogens is 1. The molecule has 0 radical (unpaired) electrons. The molecule has 0 saturated carbocycles. The molecule has 0 heterocycles. The van der Waals surface area contributed by atoms with Gasteiger partial charge in [-0.2, -0.15) is 0 Å². The van der Waals surface area contributed by atoms with Crippen LogP contribution >= 0.6 is 11.6 Å². The van der Waals surface area contributed by atoms with E-state index in [4.69, 9.17) is 25.8 Å². The van der Waals surface area contributed by atoms with Gasteiger partial charge in [0.1, 0.15) is 17.2 Å². The van der Waals surface area contributed by atoms with E-state index < -0.39 is 0 Å². The van der Waals surface area contributed by atoms with Gasteiger partial charge in [0.2, 0.25) is 0 Å². The Morgan fingerprint density at radius 1 is 0.857 bits per heavy atom. The predicted octanol–water partition coefficient (Wildman–Crippen LogP) is 3.60. The third-order valence-electron chi connectivity index (χ3n) is 3.03. The minimum Gasteiger partial charge on any atom is -0.497 e. The quantitative estimate of drug-likeness (QED) is 0.792. The summed E-state index contributed by atoms with van der Waals surface area (Å²) in [7, 11) is 4.59. The van der Waals surface area contributed by atoms with Crippen molar-refractivity contribution in [2.45, 2.75) is 0 Å². The van der Waals surface area contributed by atoms with Crippen molar-refractivity contribution in [2.75, 3.05) is 21.3 Å². The normalized spacial score (nSPS) is 10.1. The Morgan fingerprint density at radius 2 is 1.48 bits per heavy atom. The smallest absolute Gasteiger partial charge is 0.193 e. The van der Waals surface area contributed by atoms with E-state index >= 15 is 0 Å². The summed E-state index contributed by atoms with van der Waals surface area (Å²) in [5.41, 5.74) is 0.934. The standard InChI is InChI=1S/C16H15ClO4/c1-19-12-6-11(7-13(9-12)20-2)16(18)10-4-5-15(21-3)14(17)8-10/h4-9H,1-3H3. The summed E-state index contributed by atoms with van der Waals surface area (Å²) < 4.78 is 15.4. The van der Waals surface area contributed by atoms with Crippen LogP contribution in [0.4, 0.5) is 0 Å². The molecule has 2 aromatic rings. The van der Waals surface area contributed by atoms with E-state index in [9.17, 15) is 4.79 Å². The Balaban J connectivity index is 2.41. The number of rotatable bonds is 5. The molecule has 0 bridgehead atoms. The molecule has 0 N–H and O–H groups in total. The second kappa shape index (κ2) is 6.50. The maximum Gasteiger partial charge on any atom is 0.193 e. The van der Waals surface area contributed by atoms with Crippen LogP contribution in [-0.4, -0.2) is 27.1 Å². The van der Waals surface area contributed by atoms with Gasteiger partial charge in [0.15, 0.2) is 5.78 Å². The van der Waals surface area contributed by atoms with Gasteiger partial charge in [-0.05, 0) is 30.3 Å². The summed E-state index contributed by atoms with van der Waals surface area (Å²) in [6, 6.07) is 9.92. The van der Waals surface area contributed by atoms with Crippen LogP contribution in [0.25, 0.3) is 0 Å². The Morgan fingerprint density at radius 3 is 1.95 bits per heavy atom. The monoisotopic (exact) mass is 306 g/mol. The van der Waals surface area contributed by atoms with E-state index in [1.54, 1.807) is 36.4 Å². The van der Waals surface area contributed by atoms with E-state index in [1.807, 2.05) is 0 Å². The number of benzene rings is 2. The summed E-state index contributed by atoms with van der Waals surface area (Å²) in [4.78, 5) is 12.5. The van der Waals surface area contributed by atoms with Crippen LogP contribution in [0.1, 0.15) is 15.9 Å². The Bertz CT molecular complexity index is 645. The van der Waals surface area contributed by atoms with Gasteiger partial charge in [0, 0.05) is 17.2 Å². The lowest BCUT2D eigenvalue weighted by atomic mass is 10.0. The molecule has 0 aromatic heterocycles. The Kier molecular flexibility index (Phi) is 4.70. The molecule has 0 unspecified atom stereocenters. The van der Waals surface area contributed by atoms with Crippen LogP contribution in [0, 0.1) is 0 Å². The largest absolute Gasteiger partial charge is 0.497 e. The molecule has 0 aliphatic heterocycles. The summed E-state index contributed by atoms with van der Waals surface area (Å²) in [5, 5.41) is 0.387. The average Bonchev–Trinajstić information content (AvgIpc) is 2.53. The fraction of sp³-hybridized carbons (Fsp3) is 0.188. The Hall–Kier alpha value is -2.20. The van der Waals surface area contributed by atoms with Gasteiger partial charge in [0.05, 0.1) is 26.4 Å². The predicted molar refractivity (Wildman–Crippen MR) is 81.0 cm³/mol. The van der Waals surface area contributed by atoms with Crippen LogP contribution in [0.3, 0.4) is 0 Å². The highest BCUT2D eigenvalue weighted by Gasteiger charge is 2.14. The number of hydrogen-bond donors (Lipinski definition) is 0. The number of carbonyl (C=O) groups excluding carboxylic acids is 1. The molecule has 0 aliphatic carbocycles. The number of ether oxygens (including phenoxy) is 3. The van der Waals surface area contributed by atoms with Crippen molar-refractivity contribution < 1.29 is 19.0 Å². The van der Waals surface area contributed by atoms with Gasteiger partial charge in [-0.3, -0.25) is 4.79 Å². The van der Waals surface area contributed by atoms with E-state index in [1.165, 1.54) is 21.3 Å². The van der Waals surface area contributed by atoms with Gasteiger partial charge >= 0.3 is 0 Å². The summed E-state index contributed by atoms with van der Waals surface area (Å²) in [6.45, 7) is 0. The van der Waals surface area contributed by atoms with E-state index in [0.29, 0.717) is 33.4 Å². The van der Waals surface area contributed by atoms with Gasteiger partial charge < -0.3 is 14.2 Å². The first-order valence-corrected chi connectivity index (χ1v) is 6.58. The molecule has 21 heavy (non-hydrogen) atoms. The average molecular weight is 307 g/mol. The fourth-order valence-electron chi connectivity index (χ4n) is 1.91. The zero-order valence-electron chi connectivity index (χ0n) is 12.0. The van der Waals surface area contributed by atoms with E-state index in [0.717, 1.165) is 0 Å². The van der Waals surface area contributed by atoms with Gasteiger partial charge in [-0.1, -0.05) is 11.6 Å². The van der Waals surface area contributed by atoms with Crippen LogP contribution in [-0.2, 0) is 0 Å². The highest BCUT2D eigenvalue weighted by atomic mass is 35.5. The van der Waals surface area contributed by atoms with Crippen molar-refractivity contribution in [1.82, 2.24) is 0 Å². The third kappa shape index (κ3) is 3.28. The fourth-order valence-corrected chi connectivity index (χ4v) is 2.17. The minimum absolute atomic E-state index is 0.170. The molecule has 0 atom stereocenters. The van der Waals surface area contributed by atoms with Crippen LogP contribution < -0.4 is 14.2 Å². The SMILES string of the molecule is COc1cc(OC)cc(C(=O)c2ccc(OC)c(Cl)c2)c1. The highest BCUT2D eigenvalue weighted by molar-refractivity contribution is 6.32. The molecular weight excluding hydrogens is 292 g/mol. The Labute approximate surface area is 128 Å². The summed E-state index contributed by atoms with van der Waals surface area (Å²) in [5.74, 6) is 1.46. The molecule has 5 heteroatoms. The van der Waals surface area contributed by atoms with Crippen molar-refractivity contribution >= 4 is 17.4 Å². The second-order valence-electron chi connectivity index (χ2n) is 4.28. The molecule has 0 saturated heterocycles. The van der Waals surface area contributed by atoms with Gasteiger partial charge in [0.25, 0.3) is 0 Å². The molecule has 110 valence electrons. The number of methoxy groups -OCH3 is 3. The summed E-state index contributed by atoms with van der Waals surface area (Å²) >= 11 is 6.05. The van der Waals surface area contributed by atoms with E-state index in [-0.39, 0.29) is 5.78 Å². The highest BCUT2D eigenvalue weighted by Crippen LogP contribution is 2.28.